The third kappa shape index (κ3) is 2.43. The Morgan fingerprint density at radius 1 is 1.18 bits per heavy atom. The second-order valence-corrected chi connectivity index (χ2v) is 5.56. The second kappa shape index (κ2) is 5.76. The van der Waals surface area contributed by atoms with Crippen LogP contribution in [0.2, 0.25) is 0 Å². The predicted molar refractivity (Wildman–Crippen MR) is 87.6 cm³/mol. The van der Waals surface area contributed by atoms with E-state index < -0.39 is 0 Å². The van der Waals surface area contributed by atoms with Crippen molar-refractivity contribution >= 4 is 6.08 Å². The Balaban J connectivity index is 1.95. The quantitative estimate of drug-likeness (QED) is 0.894. The minimum atomic E-state index is -0.0645. The lowest BCUT2D eigenvalue weighted by atomic mass is 9.92. The van der Waals surface area contributed by atoms with Gasteiger partial charge >= 0.3 is 0 Å². The number of rotatable bonds is 3. The van der Waals surface area contributed by atoms with E-state index in [1.54, 1.807) is 13.2 Å². The Morgan fingerprint density at radius 3 is 2.73 bits per heavy atom. The summed E-state index contributed by atoms with van der Waals surface area (Å²) in [6.45, 7) is 4.17. The monoisotopic (exact) mass is 296 g/mol. The SMILES string of the molecule is C/C=C/c1ccc2c(c1)[C@H](C)[C@@H](c1ccc(O)c(OC)c1)O2. The molecule has 3 heteroatoms. The maximum atomic E-state index is 9.74. The molecule has 1 aliphatic heterocycles. The van der Waals surface area contributed by atoms with E-state index in [1.807, 2.05) is 31.2 Å². The van der Waals surface area contributed by atoms with Gasteiger partial charge in [0.25, 0.3) is 0 Å². The van der Waals surface area contributed by atoms with Crippen molar-refractivity contribution in [1.29, 1.82) is 0 Å². The Labute approximate surface area is 130 Å². The molecule has 0 bridgehead atoms. The number of phenolic OH excluding ortho intramolecular Hbond substituents is 1. The molecule has 3 nitrogen and oxygen atoms in total. The number of hydrogen-bond acceptors (Lipinski definition) is 3. The average Bonchev–Trinajstić information content (AvgIpc) is 2.85. The molecule has 0 saturated heterocycles. The van der Waals surface area contributed by atoms with Crippen LogP contribution in [0.25, 0.3) is 6.08 Å². The smallest absolute Gasteiger partial charge is 0.160 e. The highest BCUT2D eigenvalue weighted by Crippen LogP contribution is 2.47. The number of phenols is 1. The van der Waals surface area contributed by atoms with Gasteiger partial charge in [-0.3, -0.25) is 0 Å². The van der Waals surface area contributed by atoms with E-state index in [-0.39, 0.29) is 17.8 Å². The van der Waals surface area contributed by atoms with E-state index >= 15 is 0 Å². The van der Waals surface area contributed by atoms with Crippen molar-refractivity contribution in [3.05, 3.63) is 59.2 Å². The first-order chi connectivity index (χ1) is 10.6. The van der Waals surface area contributed by atoms with E-state index in [9.17, 15) is 5.11 Å². The van der Waals surface area contributed by atoms with Crippen molar-refractivity contribution in [2.45, 2.75) is 25.9 Å². The summed E-state index contributed by atoms with van der Waals surface area (Å²) in [6, 6.07) is 11.6. The highest BCUT2D eigenvalue weighted by atomic mass is 16.5. The van der Waals surface area contributed by atoms with E-state index in [0.717, 1.165) is 11.3 Å². The molecule has 0 spiro atoms. The molecule has 0 aromatic heterocycles. The van der Waals surface area contributed by atoms with Crippen LogP contribution in [0, 0.1) is 0 Å². The van der Waals surface area contributed by atoms with Gasteiger partial charge in [-0.2, -0.15) is 0 Å². The summed E-state index contributed by atoms with van der Waals surface area (Å²) in [5.74, 6) is 1.79. The molecule has 2 aromatic carbocycles. The van der Waals surface area contributed by atoms with Gasteiger partial charge in [0, 0.05) is 11.5 Å². The van der Waals surface area contributed by atoms with Gasteiger partial charge in [0.05, 0.1) is 7.11 Å². The second-order valence-electron chi connectivity index (χ2n) is 5.56. The minimum Gasteiger partial charge on any atom is -0.504 e. The predicted octanol–water partition coefficient (Wildman–Crippen LogP) is 4.67. The lowest BCUT2D eigenvalue weighted by Gasteiger charge is -2.17. The molecule has 114 valence electrons. The number of hydrogen-bond donors (Lipinski definition) is 1. The molecule has 1 heterocycles. The largest absolute Gasteiger partial charge is 0.504 e. The van der Waals surface area contributed by atoms with Crippen LogP contribution in [0.3, 0.4) is 0 Å². The normalized spacial score (nSPS) is 20.0. The number of ether oxygens (including phenoxy) is 2. The number of benzene rings is 2. The summed E-state index contributed by atoms with van der Waals surface area (Å²) in [5.41, 5.74) is 3.40. The highest BCUT2D eigenvalue weighted by molar-refractivity contribution is 5.56. The van der Waals surface area contributed by atoms with Gasteiger partial charge in [0.1, 0.15) is 11.9 Å². The van der Waals surface area contributed by atoms with E-state index in [1.165, 1.54) is 11.1 Å². The zero-order chi connectivity index (χ0) is 15.7. The lowest BCUT2D eigenvalue weighted by molar-refractivity contribution is 0.215. The number of allylic oxidation sites excluding steroid dienone is 1. The molecule has 2 aromatic rings. The molecular weight excluding hydrogens is 276 g/mol. The van der Waals surface area contributed by atoms with Gasteiger partial charge in [0.2, 0.25) is 0 Å². The van der Waals surface area contributed by atoms with Crippen LogP contribution in [-0.2, 0) is 0 Å². The van der Waals surface area contributed by atoms with Crippen LogP contribution in [0.15, 0.2) is 42.5 Å². The van der Waals surface area contributed by atoms with Crippen molar-refractivity contribution in [3.8, 4) is 17.2 Å². The zero-order valence-corrected chi connectivity index (χ0v) is 13.0. The van der Waals surface area contributed by atoms with Crippen molar-refractivity contribution in [2.75, 3.05) is 7.11 Å². The van der Waals surface area contributed by atoms with Gasteiger partial charge in [0.15, 0.2) is 11.5 Å². The molecule has 2 atom stereocenters. The fraction of sp³-hybridized carbons (Fsp3) is 0.263. The molecular formula is C19H20O3. The van der Waals surface area contributed by atoms with Gasteiger partial charge in [-0.05, 0) is 42.3 Å². The van der Waals surface area contributed by atoms with Crippen molar-refractivity contribution < 1.29 is 14.6 Å². The van der Waals surface area contributed by atoms with Crippen LogP contribution in [0.4, 0.5) is 0 Å². The van der Waals surface area contributed by atoms with Crippen molar-refractivity contribution in [2.24, 2.45) is 0 Å². The summed E-state index contributed by atoms with van der Waals surface area (Å²) >= 11 is 0. The summed E-state index contributed by atoms with van der Waals surface area (Å²) in [6.07, 6.45) is 4.05. The molecule has 1 N–H and O–H groups in total. The number of aromatic hydroxyl groups is 1. The molecule has 0 aliphatic carbocycles. The third-order valence-electron chi connectivity index (χ3n) is 4.12. The summed E-state index contributed by atoms with van der Waals surface area (Å²) in [7, 11) is 1.55. The third-order valence-corrected chi connectivity index (χ3v) is 4.12. The Morgan fingerprint density at radius 2 is 2.00 bits per heavy atom. The summed E-state index contributed by atoms with van der Waals surface area (Å²) in [5, 5.41) is 9.74. The van der Waals surface area contributed by atoms with E-state index in [0.29, 0.717) is 5.75 Å². The maximum absolute atomic E-state index is 9.74. The van der Waals surface area contributed by atoms with E-state index in [4.69, 9.17) is 9.47 Å². The van der Waals surface area contributed by atoms with Gasteiger partial charge in [-0.1, -0.05) is 31.2 Å². The van der Waals surface area contributed by atoms with Crippen LogP contribution in [0.1, 0.15) is 42.6 Å². The number of fused-ring (bicyclic) bond motifs is 1. The molecule has 3 rings (SSSR count). The number of methoxy groups -OCH3 is 1. The minimum absolute atomic E-state index is 0.0645. The highest BCUT2D eigenvalue weighted by Gasteiger charge is 2.32. The zero-order valence-electron chi connectivity index (χ0n) is 13.0. The standard InChI is InChI=1S/C19H20O3/c1-4-5-13-6-9-17-15(10-13)12(2)19(22-17)14-7-8-16(20)18(11-14)21-3/h4-12,19-20H,1-3H3/b5-4+/t12-,19-/m0/s1. The fourth-order valence-corrected chi connectivity index (χ4v) is 2.96. The molecule has 22 heavy (non-hydrogen) atoms. The first-order valence-corrected chi connectivity index (χ1v) is 7.44. The van der Waals surface area contributed by atoms with Crippen molar-refractivity contribution in [1.82, 2.24) is 0 Å². The first-order valence-electron chi connectivity index (χ1n) is 7.44. The molecule has 0 amide bonds. The Kier molecular flexibility index (Phi) is 3.80. The Bertz CT molecular complexity index is 719. The molecule has 0 radical (unpaired) electrons. The average molecular weight is 296 g/mol. The van der Waals surface area contributed by atoms with Crippen LogP contribution in [-0.4, -0.2) is 12.2 Å². The van der Waals surface area contributed by atoms with E-state index in [2.05, 4.69) is 25.1 Å². The maximum Gasteiger partial charge on any atom is 0.160 e. The molecule has 0 fully saturated rings. The Hall–Kier alpha value is -2.42. The van der Waals surface area contributed by atoms with Crippen LogP contribution >= 0.6 is 0 Å². The van der Waals surface area contributed by atoms with Crippen LogP contribution in [0.5, 0.6) is 17.2 Å². The summed E-state index contributed by atoms with van der Waals surface area (Å²) < 4.78 is 11.3. The lowest BCUT2D eigenvalue weighted by Crippen LogP contribution is -2.07. The van der Waals surface area contributed by atoms with Gasteiger partial charge in [-0.25, -0.2) is 0 Å². The first kappa shape index (κ1) is 14.5. The summed E-state index contributed by atoms with van der Waals surface area (Å²) in [4.78, 5) is 0. The van der Waals surface area contributed by atoms with Crippen LogP contribution < -0.4 is 9.47 Å². The fourth-order valence-electron chi connectivity index (χ4n) is 2.96. The molecule has 0 unspecified atom stereocenters. The van der Waals surface area contributed by atoms with Gasteiger partial charge in [-0.15, -0.1) is 0 Å². The van der Waals surface area contributed by atoms with Crippen molar-refractivity contribution in [3.63, 3.8) is 0 Å². The van der Waals surface area contributed by atoms with Gasteiger partial charge < -0.3 is 14.6 Å². The topological polar surface area (TPSA) is 38.7 Å². The molecule has 1 aliphatic rings. The molecule has 0 saturated carbocycles.